The summed E-state index contributed by atoms with van der Waals surface area (Å²) in [6, 6.07) is 16.4. The highest BCUT2D eigenvalue weighted by Crippen LogP contribution is 2.44. The monoisotopic (exact) mass is 482 g/mol. The molecule has 0 aliphatic heterocycles. The van der Waals surface area contributed by atoms with Crippen molar-refractivity contribution in [3.63, 3.8) is 0 Å². The van der Waals surface area contributed by atoms with Crippen molar-refractivity contribution in [2.45, 2.75) is 51.0 Å². The van der Waals surface area contributed by atoms with E-state index in [4.69, 9.17) is 9.84 Å². The van der Waals surface area contributed by atoms with E-state index < -0.39 is 24.1 Å². The van der Waals surface area contributed by atoms with Crippen LogP contribution in [0.2, 0.25) is 0 Å². The molecule has 0 saturated carbocycles. The number of carbonyl (C=O) groups is 3. The number of benzene rings is 2. The van der Waals surface area contributed by atoms with Gasteiger partial charge in [-0.05, 0) is 47.9 Å². The molecule has 8 nitrogen and oxygen atoms in total. The first-order valence-electron chi connectivity index (χ1n) is 12.0. The van der Waals surface area contributed by atoms with E-state index in [-0.39, 0.29) is 37.3 Å². The molecule has 35 heavy (non-hydrogen) atoms. The number of carboxylic acid groups (broad SMARTS) is 1. The Balaban J connectivity index is 1.34. The van der Waals surface area contributed by atoms with E-state index in [1.54, 1.807) is 0 Å². The third-order valence-corrected chi connectivity index (χ3v) is 6.31. The first-order chi connectivity index (χ1) is 16.7. The maximum absolute atomic E-state index is 12.3. The van der Waals surface area contributed by atoms with Gasteiger partial charge in [-0.1, -0.05) is 55.5 Å². The molecule has 2 aromatic rings. The smallest absolute Gasteiger partial charge is 0.407 e. The number of hydrogen-bond acceptors (Lipinski definition) is 5. The molecule has 0 fully saturated rings. The van der Waals surface area contributed by atoms with Crippen molar-refractivity contribution in [2.75, 3.05) is 19.7 Å². The molecule has 0 spiro atoms. The molecule has 0 heterocycles. The summed E-state index contributed by atoms with van der Waals surface area (Å²) >= 11 is 0. The van der Waals surface area contributed by atoms with Crippen LogP contribution < -0.4 is 10.6 Å². The lowest BCUT2D eigenvalue weighted by molar-refractivity contribution is -0.142. The standard InChI is InChI=1S/C27H34N2O6/c1-18(11-12-24(30)29-17-27(2,34)15-25(31)32)13-14-28-26(33)35-16-23-21-9-5-3-7-19(21)20-8-4-6-10-22(20)23/h3-10,18,23,34H,11-17H2,1-2H3,(H,28,33)(H,29,30)(H,31,32). The maximum atomic E-state index is 12.3. The van der Waals surface area contributed by atoms with Gasteiger partial charge in [-0.25, -0.2) is 4.79 Å². The Bertz CT molecular complexity index is 1010. The van der Waals surface area contributed by atoms with Crippen molar-refractivity contribution in [3.05, 3.63) is 59.7 Å². The molecule has 0 bridgehead atoms. The third-order valence-electron chi connectivity index (χ3n) is 6.31. The number of nitrogens with one attached hydrogen (secondary N) is 2. The Morgan fingerprint density at radius 2 is 1.60 bits per heavy atom. The molecule has 2 amide bonds. The minimum absolute atomic E-state index is 0.0156. The van der Waals surface area contributed by atoms with E-state index in [1.807, 2.05) is 31.2 Å². The quantitative estimate of drug-likeness (QED) is 0.366. The average molecular weight is 483 g/mol. The topological polar surface area (TPSA) is 125 Å². The average Bonchev–Trinajstić information content (AvgIpc) is 3.13. The van der Waals surface area contributed by atoms with Gasteiger partial charge in [-0.3, -0.25) is 9.59 Å². The Kier molecular flexibility index (Phi) is 8.87. The second-order valence-electron chi connectivity index (χ2n) is 9.53. The van der Waals surface area contributed by atoms with Gasteiger partial charge in [0.05, 0.1) is 12.0 Å². The molecule has 0 saturated heterocycles. The molecule has 2 unspecified atom stereocenters. The SMILES string of the molecule is CC(CCNC(=O)OCC1c2ccccc2-c2ccccc21)CCC(=O)NCC(C)(O)CC(=O)O. The number of alkyl carbamates (subject to hydrolysis) is 1. The number of aliphatic carboxylic acids is 1. The van der Waals surface area contributed by atoms with Crippen LogP contribution in [0.3, 0.4) is 0 Å². The number of amides is 2. The van der Waals surface area contributed by atoms with Gasteiger partial charge in [0.25, 0.3) is 0 Å². The van der Waals surface area contributed by atoms with E-state index >= 15 is 0 Å². The summed E-state index contributed by atoms with van der Waals surface area (Å²) in [5, 5.41) is 24.1. The van der Waals surface area contributed by atoms with Crippen LogP contribution in [0, 0.1) is 5.92 Å². The number of fused-ring (bicyclic) bond motifs is 3. The molecule has 2 aromatic carbocycles. The highest BCUT2D eigenvalue weighted by molar-refractivity contribution is 5.79. The number of aliphatic hydroxyl groups is 1. The largest absolute Gasteiger partial charge is 0.481 e. The summed E-state index contributed by atoms with van der Waals surface area (Å²) in [5.74, 6) is -1.16. The lowest BCUT2D eigenvalue weighted by atomic mass is 9.98. The van der Waals surface area contributed by atoms with Gasteiger partial charge >= 0.3 is 12.1 Å². The van der Waals surface area contributed by atoms with Crippen LogP contribution in [0.5, 0.6) is 0 Å². The minimum Gasteiger partial charge on any atom is -0.481 e. The Hall–Kier alpha value is -3.39. The molecule has 4 N–H and O–H groups in total. The Labute approximate surface area is 205 Å². The third kappa shape index (κ3) is 7.55. The highest BCUT2D eigenvalue weighted by Gasteiger charge is 2.29. The Morgan fingerprint density at radius 1 is 1.00 bits per heavy atom. The van der Waals surface area contributed by atoms with Crippen molar-refractivity contribution in [1.82, 2.24) is 10.6 Å². The number of carboxylic acids is 1. The van der Waals surface area contributed by atoms with E-state index in [1.165, 1.54) is 18.1 Å². The predicted molar refractivity (Wildman–Crippen MR) is 132 cm³/mol. The summed E-state index contributed by atoms with van der Waals surface area (Å²) in [4.78, 5) is 35.0. The van der Waals surface area contributed by atoms with Gasteiger partial charge in [0.2, 0.25) is 5.91 Å². The number of ether oxygens (including phenoxy) is 1. The molecular formula is C27H34N2O6. The normalized spacial score (nSPS) is 14.8. The molecule has 0 radical (unpaired) electrons. The van der Waals surface area contributed by atoms with Crippen LogP contribution in [-0.4, -0.2) is 53.5 Å². The second-order valence-corrected chi connectivity index (χ2v) is 9.53. The van der Waals surface area contributed by atoms with Gasteiger partial charge in [-0.15, -0.1) is 0 Å². The van der Waals surface area contributed by atoms with Crippen LogP contribution in [0.4, 0.5) is 4.79 Å². The molecule has 188 valence electrons. The summed E-state index contributed by atoms with van der Waals surface area (Å²) < 4.78 is 5.53. The zero-order valence-corrected chi connectivity index (χ0v) is 20.3. The summed E-state index contributed by atoms with van der Waals surface area (Å²) in [6.07, 6.45) is 0.658. The van der Waals surface area contributed by atoms with E-state index in [0.29, 0.717) is 19.4 Å². The van der Waals surface area contributed by atoms with E-state index in [2.05, 4.69) is 34.9 Å². The molecule has 1 aliphatic rings. The highest BCUT2D eigenvalue weighted by atomic mass is 16.5. The lowest BCUT2D eigenvalue weighted by Crippen LogP contribution is -2.42. The van der Waals surface area contributed by atoms with Crippen molar-refractivity contribution < 1.29 is 29.3 Å². The van der Waals surface area contributed by atoms with Gasteiger partial charge in [-0.2, -0.15) is 0 Å². The van der Waals surface area contributed by atoms with Crippen LogP contribution >= 0.6 is 0 Å². The molecule has 2 atom stereocenters. The zero-order chi connectivity index (χ0) is 25.4. The lowest BCUT2D eigenvalue weighted by Gasteiger charge is -2.21. The van der Waals surface area contributed by atoms with Crippen molar-refractivity contribution in [1.29, 1.82) is 0 Å². The first kappa shape index (κ1) is 26.2. The number of rotatable bonds is 12. The van der Waals surface area contributed by atoms with Crippen LogP contribution in [0.1, 0.15) is 56.6 Å². The van der Waals surface area contributed by atoms with Crippen LogP contribution in [-0.2, 0) is 14.3 Å². The summed E-state index contributed by atoms with van der Waals surface area (Å²) in [7, 11) is 0. The van der Waals surface area contributed by atoms with Crippen LogP contribution in [0.25, 0.3) is 11.1 Å². The van der Waals surface area contributed by atoms with E-state index in [0.717, 1.165) is 11.1 Å². The van der Waals surface area contributed by atoms with Crippen molar-refractivity contribution >= 4 is 18.0 Å². The van der Waals surface area contributed by atoms with Gasteiger partial charge in [0, 0.05) is 25.4 Å². The minimum atomic E-state index is -1.49. The summed E-state index contributed by atoms with van der Waals surface area (Å²) in [5.41, 5.74) is 3.21. The maximum Gasteiger partial charge on any atom is 0.407 e. The fourth-order valence-corrected chi connectivity index (χ4v) is 4.36. The Morgan fingerprint density at radius 3 is 2.20 bits per heavy atom. The molecule has 0 aromatic heterocycles. The molecule has 3 rings (SSSR count). The summed E-state index contributed by atoms with van der Waals surface area (Å²) in [6.45, 7) is 3.95. The first-order valence-corrected chi connectivity index (χ1v) is 12.0. The van der Waals surface area contributed by atoms with Gasteiger partial charge < -0.3 is 25.6 Å². The second kappa shape index (κ2) is 11.8. The number of hydrogen-bond donors (Lipinski definition) is 4. The van der Waals surface area contributed by atoms with Crippen molar-refractivity contribution in [2.24, 2.45) is 5.92 Å². The molecule has 8 heteroatoms. The van der Waals surface area contributed by atoms with Gasteiger partial charge in [0.1, 0.15) is 6.61 Å². The number of carbonyl (C=O) groups excluding carboxylic acids is 2. The fraction of sp³-hybridized carbons (Fsp3) is 0.444. The molecule has 1 aliphatic carbocycles. The zero-order valence-electron chi connectivity index (χ0n) is 20.3. The van der Waals surface area contributed by atoms with Gasteiger partial charge in [0.15, 0.2) is 0 Å². The van der Waals surface area contributed by atoms with E-state index in [9.17, 15) is 19.5 Å². The fourth-order valence-electron chi connectivity index (χ4n) is 4.36. The van der Waals surface area contributed by atoms with Crippen molar-refractivity contribution in [3.8, 4) is 11.1 Å². The predicted octanol–water partition coefficient (Wildman–Crippen LogP) is 3.67. The van der Waals surface area contributed by atoms with Crippen LogP contribution in [0.15, 0.2) is 48.5 Å². The molecular weight excluding hydrogens is 448 g/mol.